The molecule has 0 fully saturated rings. The van der Waals surface area contributed by atoms with Gasteiger partial charge in [0.15, 0.2) is 11.5 Å². The Morgan fingerprint density at radius 3 is 2.40 bits per heavy atom. The van der Waals surface area contributed by atoms with Crippen molar-refractivity contribution in [3.8, 4) is 23.1 Å². The number of urea groups is 1. The van der Waals surface area contributed by atoms with Crippen molar-refractivity contribution in [1.82, 2.24) is 20.0 Å². The van der Waals surface area contributed by atoms with E-state index in [1.54, 1.807) is 23.0 Å². The zero-order chi connectivity index (χ0) is 24.8. The quantitative estimate of drug-likeness (QED) is 0.337. The van der Waals surface area contributed by atoms with Crippen molar-refractivity contribution in [1.29, 1.82) is 0 Å². The number of aryl methyl sites for hydroxylation is 1. The highest BCUT2D eigenvalue weighted by atomic mass is 16.5. The fourth-order valence-corrected chi connectivity index (χ4v) is 3.70. The topological polar surface area (TPSA) is 81.8 Å². The molecule has 2 aromatic carbocycles. The lowest BCUT2D eigenvalue weighted by Gasteiger charge is -2.24. The van der Waals surface area contributed by atoms with E-state index in [4.69, 9.17) is 19.0 Å². The van der Waals surface area contributed by atoms with E-state index in [-0.39, 0.29) is 18.6 Å². The molecule has 0 radical (unpaired) electrons. The van der Waals surface area contributed by atoms with Crippen molar-refractivity contribution >= 4 is 6.03 Å². The van der Waals surface area contributed by atoms with Crippen LogP contribution in [0.4, 0.5) is 4.79 Å². The number of amides is 2. The van der Waals surface area contributed by atoms with Gasteiger partial charge in [-0.2, -0.15) is 5.10 Å². The predicted molar refractivity (Wildman–Crippen MR) is 133 cm³/mol. The summed E-state index contributed by atoms with van der Waals surface area (Å²) >= 11 is 0. The largest absolute Gasteiger partial charge is 0.493 e. The van der Waals surface area contributed by atoms with Crippen molar-refractivity contribution in [3.05, 3.63) is 90.0 Å². The van der Waals surface area contributed by atoms with Gasteiger partial charge in [0, 0.05) is 6.04 Å². The molecule has 8 heteroatoms. The fourth-order valence-electron chi connectivity index (χ4n) is 3.70. The summed E-state index contributed by atoms with van der Waals surface area (Å²) in [5, 5.41) is 7.75. The molecule has 35 heavy (non-hydrogen) atoms. The van der Waals surface area contributed by atoms with Crippen LogP contribution in [-0.2, 0) is 13.1 Å². The van der Waals surface area contributed by atoms with Gasteiger partial charge in [-0.05, 0) is 57.2 Å². The third-order valence-electron chi connectivity index (χ3n) is 5.39. The van der Waals surface area contributed by atoms with E-state index in [1.807, 2.05) is 87.5 Å². The first kappa shape index (κ1) is 23.9. The molecular weight excluding hydrogens is 444 g/mol. The monoisotopic (exact) mass is 474 g/mol. The number of aromatic nitrogens is 2. The number of para-hydroxylation sites is 3. The molecule has 0 bridgehead atoms. The Morgan fingerprint density at radius 1 is 1.03 bits per heavy atom. The summed E-state index contributed by atoms with van der Waals surface area (Å²) in [5.41, 5.74) is 2.38. The number of hydrogen-bond acceptors (Lipinski definition) is 5. The number of nitrogens with one attached hydrogen (secondary N) is 1. The molecule has 1 N–H and O–H groups in total. The molecule has 0 aliphatic heterocycles. The second-order valence-electron chi connectivity index (χ2n) is 8.41. The number of ether oxygens (including phenoxy) is 2. The number of benzene rings is 2. The van der Waals surface area contributed by atoms with Crippen molar-refractivity contribution in [3.63, 3.8) is 0 Å². The Morgan fingerprint density at radius 2 is 1.74 bits per heavy atom. The van der Waals surface area contributed by atoms with Crippen molar-refractivity contribution in [2.24, 2.45) is 0 Å². The number of carbonyl (C=O) groups excluding carboxylic acids is 1. The molecule has 0 spiro atoms. The second kappa shape index (κ2) is 10.8. The van der Waals surface area contributed by atoms with Crippen LogP contribution in [0.15, 0.2) is 77.4 Å². The van der Waals surface area contributed by atoms with Crippen molar-refractivity contribution < 1.29 is 18.7 Å². The van der Waals surface area contributed by atoms with E-state index < -0.39 is 0 Å². The number of furan rings is 1. The maximum absolute atomic E-state index is 13.1. The molecular formula is C27H30N4O4. The SMILES string of the molecule is COc1ccccc1Oc1c(CN(Cc2ccco2)C(=O)NC(C)C)c(C)nn1-c1ccccc1. The lowest BCUT2D eigenvalue weighted by molar-refractivity contribution is 0.184. The number of nitrogens with zero attached hydrogens (tertiary/aromatic N) is 3. The Balaban J connectivity index is 1.77. The van der Waals surface area contributed by atoms with Gasteiger partial charge in [-0.3, -0.25) is 0 Å². The zero-order valence-corrected chi connectivity index (χ0v) is 20.4. The van der Waals surface area contributed by atoms with Gasteiger partial charge in [0.1, 0.15) is 5.76 Å². The maximum atomic E-state index is 13.1. The minimum atomic E-state index is -0.202. The van der Waals surface area contributed by atoms with Gasteiger partial charge in [0.25, 0.3) is 0 Å². The molecule has 4 rings (SSSR count). The molecule has 0 unspecified atom stereocenters. The Bertz CT molecular complexity index is 1250. The molecule has 0 aliphatic rings. The minimum absolute atomic E-state index is 0.0148. The first-order chi connectivity index (χ1) is 17.0. The third kappa shape index (κ3) is 5.66. The van der Waals surface area contributed by atoms with Gasteiger partial charge in [-0.1, -0.05) is 30.3 Å². The summed E-state index contributed by atoms with van der Waals surface area (Å²) in [5.74, 6) is 2.35. The van der Waals surface area contributed by atoms with Gasteiger partial charge < -0.3 is 24.1 Å². The van der Waals surface area contributed by atoms with Crippen molar-refractivity contribution in [2.45, 2.75) is 39.9 Å². The molecule has 8 nitrogen and oxygen atoms in total. The second-order valence-corrected chi connectivity index (χ2v) is 8.41. The number of methoxy groups -OCH3 is 1. The zero-order valence-electron chi connectivity index (χ0n) is 20.4. The maximum Gasteiger partial charge on any atom is 0.318 e. The average molecular weight is 475 g/mol. The smallest absolute Gasteiger partial charge is 0.318 e. The summed E-state index contributed by atoms with van der Waals surface area (Å²) < 4.78 is 19.2. The Kier molecular flexibility index (Phi) is 7.40. The molecule has 4 aromatic rings. The van der Waals surface area contributed by atoms with Gasteiger partial charge >= 0.3 is 6.03 Å². The molecule has 2 aromatic heterocycles. The molecule has 2 amide bonds. The third-order valence-corrected chi connectivity index (χ3v) is 5.39. The molecule has 0 aliphatic carbocycles. The first-order valence-corrected chi connectivity index (χ1v) is 11.5. The first-order valence-electron chi connectivity index (χ1n) is 11.5. The Hall–Kier alpha value is -4.20. The van der Waals surface area contributed by atoms with Crippen LogP contribution in [0.5, 0.6) is 17.4 Å². The van der Waals surface area contributed by atoms with E-state index in [9.17, 15) is 4.79 Å². The van der Waals surface area contributed by atoms with Crippen LogP contribution in [0.25, 0.3) is 5.69 Å². The predicted octanol–water partition coefficient (Wildman–Crippen LogP) is 5.69. The van der Waals surface area contributed by atoms with Crippen molar-refractivity contribution in [2.75, 3.05) is 7.11 Å². The van der Waals surface area contributed by atoms with Gasteiger partial charge in [0.2, 0.25) is 5.88 Å². The molecule has 182 valence electrons. The summed E-state index contributed by atoms with van der Waals surface area (Å²) in [4.78, 5) is 14.8. The highest BCUT2D eigenvalue weighted by molar-refractivity contribution is 5.74. The van der Waals surface area contributed by atoms with E-state index in [0.717, 1.165) is 16.9 Å². The van der Waals surface area contributed by atoms with Crippen LogP contribution >= 0.6 is 0 Å². The standard InChI is InChI=1S/C27H30N4O4/c1-19(2)28-27(32)30(17-22-13-10-16-34-22)18-23-20(3)29-31(21-11-6-5-7-12-21)26(23)35-25-15-9-8-14-24(25)33-4/h5-16,19H,17-18H2,1-4H3,(H,28,32). The fraction of sp³-hybridized carbons (Fsp3) is 0.259. The van der Waals surface area contributed by atoms with Gasteiger partial charge in [-0.25, -0.2) is 9.48 Å². The van der Waals surface area contributed by atoms with E-state index in [0.29, 0.717) is 29.7 Å². The van der Waals surface area contributed by atoms with Crippen LogP contribution in [0.3, 0.4) is 0 Å². The van der Waals surface area contributed by atoms with E-state index in [2.05, 4.69) is 5.32 Å². The van der Waals surface area contributed by atoms with Crippen LogP contribution < -0.4 is 14.8 Å². The number of hydrogen-bond donors (Lipinski definition) is 1. The highest BCUT2D eigenvalue weighted by Gasteiger charge is 2.25. The van der Waals surface area contributed by atoms with Crippen LogP contribution in [0.2, 0.25) is 0 Å². The number of rotatable bonds is 9. The normalized spacial score (nSPS) is 10.9. The minimum Gasteiger partial charge on any atom is -0.493 e. The molecule has 0 saturated carbocycles. The number of carbonyl (C=O) groups is 1. The van der Waals surface area contributed by atoms with E-state index >= 15 is 0 Å². The lowest BCUT2D eigenvalue weighted by Crippen LogP contribution is -2.42. The summed E-state index contributed by atoms with van der Waals surface area (Å²) in [7, 11) is 1.60. The Labute approximate surface area is 205 Å². The van der Waals surface area contributed by atoms with Crippen LogP contribution in [0, 0.1) is 6.92 Å². The van der Waals surface area contributed by atoms with Crippen LogP contribution in [-0.4, -0.2) is 33.9 Å². The van der Waals surface area contributed by atoms with Crippen LogP contribution in [0.1, 0.15) is 30.9 Å². The van der Waals surface area contributed by atoms with Gasteiger partial charge in [-0.15, -0.1) is 0 Å². The van der Waals surface area contributed by atoms with E-state index in [1.165, 1.54) is 0 Å². The van der Waals surface area contributed by atoms with Gasteiger partial charge in [0.05, 0.1) is 43.4 Å². The summed E-state index contributed by atoms with van der Waals surface area (Å²) in [6, 6.07) is 20.6. The highest BCUT2D eigenvalue weighted by Crippen LogP contribution is 2.36. The lowest BCUT2D eigenvalue weighted by atomic mass is 10.2. The average Bonchev–Trinajstić information content (AvgIpc) is 3.47. The molecule has 0 saturated heterocycles. The summed E-state index contributed by atoms with van der Waals surface area (Å²) in [6.07, 6.45) is 1.60. The summed E-state index contributed by atoms with van der Waals surface area (Å²) in [6.45, 7) is 6.34. The molecule has 0 atom stereocenters. The molecule has 2 heterocycles.